The molecule has 0 saturated carbocycles. The van der Waals surface area contributed by atoms with Crippen molar-refractivity contribution in [1.29, 1.82) is 0 Å². The number of hydrogen-bond donors (Lipinski definition) is 2. The monoisotopic (exact) mass is 194 g/mol. The van der Waals surface area contributed by atoms with E-state index in [4.69, 9.17) is 10.2 Å². The molecule has 0 atom stereocenters. The first-order valence-electron chi connectivity index (χ1n) is 2.88. The van der Waals surface area contributed by atoms with Crippen LogP contribution in [0.4, 0.5) is 22.0 Å². The molecule has 0 radical (unpaired) electrons. The zero-order chi connectivity index (χ0) is 9.99. The van der Waals surface area contributed by atoms with Gasteiger partial charge in [0, 0.05) is 0 Å². The van der Waals surface area contributed by atoms with Crippen LogP contribution in [-0.4, -0.2) is 36.0 Å². The number of aliphatic hydroxyl groups is 2. The summed E-state index contributed by atoms with van der Waals surface area (Å²) in [7, 11) is 0. The van der Waals surface area contributed by atoms with Crippen molar-refractivity contribution in [2.45, 2.75) is 12.6 Å². The Kier molecular flexibility index (Phi) is 3.40. The average molecular weight is 194 g/mol. The van der Waals surface area contributed by atoms with Gasteiger partial charge in [-0.15, -0.1) is 0 Å². The number of hydrogen-bond acceptors (Lipinski definition) is 2. The first-order valence-corrected chi connectivity index (χ1v) is 2.88. The van der Waals surface area contributed by atoms with Gasteiger partial charge in [-0.25, -0.2) is 8.78 Å². The molecule has 0 bridgehead atoms. The predicted molar refractivity (Wildman–Crippen MR) is 28.7 cm³/mol. The zero-order valence-corrected chi connectivity index (χ0v) is 5.78. The normalized spacial score (nSPS) is 14.0. The van der Waals surface area contributed by atoms with E-state index in [1.54, 1.807) is 0 Å². The molecule has 0 spiro atoms. The molecule has 7 heteroatoms. The molecule has 74 valence electrons. The van der Waals surface area contributed by atoms with Gasteiger partial charge in [-0.3, -0.25) is 0 Å². The van der Waals surface area contributed by atoms with Crippen molar-refractivity contribution >= 4 is 0 Å². The quantitative estimate of drug-likeness (QED) is 0.652. The summed E-state index contributed by atoms with van der Waals surface area (Å²) >= 11 is 0. The minimum absolute atomic E-state index is 1.83. The lowest BCUT2D eigenvalue weighted by molar-refractivity contribution is -0.285. The standard InChI is InChI=1S/C5H7F5O2/c6-3(7)4(1-11,2-12)5(8,9)10/h3,11-12H,1-2H2. The number of rotatable bonds is 3. The second-order valence-electron chi connectivity index (χ2n) is 2.27. The van der Waals surface area contributed by atoms with Gasteiger partial charge in [-0.1, -0.05) is 0 Å². The van der Waals surface area contributed by atoms with Crippen molar-refractivity contribution in [3.63, 3.8) is 0 Å². The van der Waals surface area contributed by atoms with E-state index in [0.29, 0.717) is 0 Å². The highest BCUT2D eigenvalue weighted by Crippen LogP contribution is 2.42. The van der Waals surface area contributed by atoms with Gasteiger partial charge >= 0.3 is 6.18 Å². The van der Waals surface area contributed by atoms with Crippen molar-refractivity contribution in [3.8, 4) is 0 Å². The molecular weight excluding hydrogens is 187 g/mol. The Hall–Kier alpha value is -0.430. The summed E-state index contributed by atoms with van der Waals surface area (Å²) in [5, 5.41) is 16.2. The van der Waals surface area contributed by atoms with Crippen molar-refractivity contribution in [2.24, 2.45) is 5.41 Å². The third kappa shape index (κ3) is 1.66. The van der Waals surface area contributed by atoms with Gasteiger partial charge in [-0.05, 0) is 0 Å². The molecule has 0 saturated heterocycles. The van der Waals surface area contributed by atoms with Crippen LogP contribution >= 0.6 is 0 Å². The third-order valence-corrected chi connectivity index (χ3v) is 1.55. The first-order chi connectivity index (χ1) is 5.31. The molecule has 0 fully saturated rings. The molecule has 2 N–H and O–H groups in total. The summed E-state index contributed by atoms with van der Waals surface area (Å²) in [4.78, 5) is 0. The van der Waals surface area contributed by atoms with Gasteiger partial charge in [0.05, 0.1) is 13.2 Å². The van der Waals surface area contributed by atoms with E-state index in [-0.39, 0.29) is 0 Å². The highest BCUT2D eigenvalue weighted by molar-refractivity contribution is 4.87. The molecule has 0 aromatic carbocycles. The molecule has 0 amide bonds. The second-order valence-corrected chi connectivity index (χ2v) is 2.27. The summed E-state index contributed by atoms with van der Waals surface area (Å²) < 4.78 is 59.1. The minimum Gasteiger partial charge on any atom is -0.395 e. The van der Waals surface area contributed by atoms with Crippen molar-refractivity contribution in [2.75, 3.05) is 13.2 Å². The Morgan fingerprint density at radius 2 is 1.33 bits per heavy atom. The van der Waals surface area contributed by atoms with E-state index in [2.05, 4.69) is 0 Å². The van der Waals surface area contributed by atoms with Crippen LogP contribution in [-0.2, 0) is 0 Å². The molecule has 0 aliphatic heterocycles. The Morgan fingerprint density at radius 3 is 1.33 bits per heavy atom. The fourth-order valence-electron chi connectivity index (χ4n) is 0.491. The average Bonchev–Trinajstić information content (AvgIpc) is 1.87. The molecule has 0 aliphatic rings. The smallest absolute Gasteiger partial charge is 0.395 e. The van der Waals surface area contributed by atoms with Gasteiger partial charge in [0.15, 0.2) is 5.41 Å². The van der Waals surface area contributed by atoms with Crippen molar-refractivity contribution in [3.05, 3.63) is 0 Å². The lowest BCUT2D eigenvalue weighted by atomic mass is 9.90. The number of aliphatic hydroxyl groups excluding tert-OH is 2. The van der Waals surface area contributed by atoms with Gasteiger partial charge in [-0.2, -0.15) is 13.2 Å². The Morgan fingerprint density at radius 1 is 1.00 bits per heavy atom. The maximum Gasteiger partial charge on any atom is 0.404 e. The molecule has 0 rings (SSSR count). The summed E-state index contributed by atoms with van der Waals surface area (Å²) in [5.41, 5.74) is -3.70. The van der Waals surface area contributed by atoms with Gasteiger partial charge in [0.2, 0.25) is 0 Å². The topological polar surface area (TPSA) is 40.5 Å². The molecule has 0 aromatic rings. The SMILES string of the molecule is OCC(CO)(C(F)F)C(F)(F)F. The van der Waals surface area contributed by atoms with Crippen LogP contribution in [0, 0.1) is 5.41 Å². The van der Waals surface area contributed by atoms with E-state index in [0.717, 1.165) is 0 Å². The molecule has 2 nitrogen and oxygen atoms in total. The molecule has 0 aromatic heterocycles. The van der Waals surface area contributed by atoms with E-state index >= 15 is 0 Å². The molecular formula is C5H7F5O2. The van der Waals surface area contributed by atoms with Gasteiger partial charge < -0.3 is 10.2 Å². The summed E-state index contributed by atoms with van der Waals surface area (Å²) in [6.07, 6.45) is -9.16. The highest BCUT2D eigenvalue weighted by atomic mass is 19.4. The summed E-state index contributed by atoms with van der Waals surface area (Å²) in [5.74, 6) is 0. The van der Waals surface area contributed by atoms with E-state index in [1.807, 2.05) is 0 Å². The molecule has 0 aliphatic carbocycles. The number of alkyl halides is 5. The lowest BCUT2D eigenvalue weighted by Crippen LogP contribution is -2.50. The van der Waals surface area contributed by atoms with Crippen LogP contribution in [0.2, 0.25) is 0 Å². The van der Waals surface area contributed by atoms with Crippen LogP contribution in [0.3, 0.4) is 0 Å². The summed E-state index contributed by atoms with van der Waals surface area (Å²) in [6.45, 7) is -3.66. The number of halogens is 5. The van der Waals surface area contributed by atoms with Crippen molar-refractivity contribution < 1.29 is 32.2 Å². The fourth-order valence-corrected chi connectivity index (χ4v) is 0.491. The molecule has 0 heterocycles. The first kappa shape index (κ1) is 11.6. The lowest BCUT2D eigenvalue weighted by Gasteiger charge is -2.30. The third-order valence-electron chi connectivity index (χ3n) is 1.55. The van der Waals surface area contributed by atoms with E-state index < -0.39 is 31.2 Å². The maximum atomic E-state index is 11.8. The predicted octanol–water partition coefficient (Wildman–Crippen LogP) is 0.785. The van der Waals surface area contributed by atoms with E-state index in [1.165, 1.54) is 0 Å². The molecule has 12 heavy (non-hydrogen) atoms. The van der Waals surface area contributed by atoms with Crippen LogP contribution in [0.15, 0.2) is 0 Å². The maximum absolute atomic E-state index is 11.8. The van der Waals surface area contributed by atoms with Crippen LogP contribution in [0.25, 0.3) is 0 Å². The van der Waals surface area contributed by atoms with Gasteiger partial charge in [0.1, 0.15) is 0 Å². The summed E-state index contributed by atoms with van der Waals surface area (Å²) in [6, 6.07) is 0. The van der Waals surface area contributed by atoms with E-state index in [9.17, 15) is 22.0 Å². The van der Waals surface area contributed by atoms with Crippen LogP contribution < -0.4 is 0 Å². The Labute approximate surface area is 64.6 Å². The fraction of sp³-hybridized carbons (Fsp3) is 1.00. The second kappa shape index (κ2) is 3.53. The Bertz CT molecular complexity index is 139. The minimum atomic E-state index is -5.31. The van der Waals surface area contributed by atoms with Crippen molar-refractivity contribution in [1.82, 2.24) is 0 Å². The largest absolute Gasteiger partial charge is 0.404 e. The highest BCUT2D eigenvalue weighted by Gasteiger charge is 2.60. The zero-order valence-electron chi connectivity index (χ0n) is 5.78. The van der Waals surface area contributed by atoms with Crippen LogP contribution in [0.5, 0.6) is 0 Å². The Balaban J connectivity index is 4.83. The van der Waals surface area contributed by atoms with Gasteiger partial charge in [0.25, 0.3) is 6.43 Å². The van der Waals surface area contributed by atoms with Crippen LogP contribution in [0.1, 0.15) is 0 Å². The molecule has 0 unspecified atom stereocenters.